The van der Waals surface area contributed by atoms with Gasteiger partial charge >= 0.3 is 0 Å². The zero-order valence-corrected chi connectivity index (χ0v) is 8.18. The Morgan fingerprint density at radius 2 is 2.00 bits per heavy atom. The summed E-state index contributed by atoms with van der Waals surface area (Å²) in [5.41, 5.74) is 0. The Morgan fingerprint density at radius 1 is 1.36 bits per heavy atom. The second-order valence-corrected chi connectivity index (χ2v) is 2.67. The lowest BCUT2D eigenvalue weighted by molar-refractivity contribution is -0.119. The third-order valence-electron chi connectivity index (χ3n) is 1.59. The molecule has 2 N–H and O–H groups in total. The van der Waals surface area contributed by atoms with Crippen LogP contribution in [0.25, 0.3) is 0 Å². The molecule has 0 aliphatic rings. The van der Waals surface area contributed by atoms with Crippen molar-refractivity contribution in [3.05, 3.63) is 11.9 Å². The molecule has 0 saturated carbocycles. The van der Waals surface area contributed by atoms with Crippen LogP contribution >= 0.6 is 0 Å². The number of rotatable bonds is 7. The van der Waals surface area contributed by atoms with Gasteiger partial charge in [0, 0.05) is 13.1 Å². The van der Waals surface area contributed by atoms with Gasteiger partial charge in [0.05, 0.1) is 0 Å². The molecule has 0 aliphatic heterocycles. The van der Waals surface area contributed by atoms with Gasteiger partial charge in [-0.15, -0.1) is 0 Å². The van der Waals surface area contributed by atoms with Crippen molar-refractivity contribution in [2.24, 2.45) is 0 Å². The van der Waals surface area contributed by atoms with Gasteiger partial charge in [-0.2, -0.15) is 0 Å². The van der Waals surface area contributed by atoms with Crippen LogP contribution < -0.4 is 10.6 Å². The first-order valence-corrected chi connectivity index (χ1v) is 4.49. The molecule has 0 heterocycles. The Labute approximate surface area is 82.6 Å². The zero-order chi connectivity index (χ0) is 10.8. The van der Waals surface area contributed by atoms with Crippen LogP contribution in [0, 0.1) is 0 Å². The van der Waals surface area contributed by atoms with E-state index in [1.54, 1.807) is 0 Å². The standard InChI is InChI=1S/C9H15FN2O2/c1-2-8(10)9(14)12-6-4-3-5-11-7-13/h2,7H,3-6H2,1H3,(H,11,13)(H,12,14). The molecule has 5 heteroatoms. The van der Waals surface area contributed by atoms with E-state index < -0.39 is 11.7 Å². The maximum Gasteiger partial charge on any atom is 0.279 e. The quantitative estimate of drug-likeness (QED) is 0.359. The maximum atomic E-state index is 12.5. The Hall–Kier alpha value is -1.39. The second-order valence-electron chi connectivity index (χ2n) is 2.67. The summed E-state index contributed by atoms with van der Waals surface area (Å²) in [6.07, 6.45) is 3.21. The first kappa shape index (κ1) is 12.6. The van der Waals surface area contributed by atoms with E-state index >= 15 is 0 Å². The van der Waals surface area contributed by atoms with Gasteiger partial charge in [0.2, 0.25) is 6.41 Å². The van der Waals surface area contributed by atoms with Gasteiger partial charge in [-0.3, -0.25) is 9.59 Å². The topological polar surface area (TPSA) is 58.2 Å². The van der Waals surface area contributed by atoms with Crippen LogP contribution in [-0.2, 0) is 9.59 Å². The Morgan fingerprint density at radius 3 is 2.57 bits per heavy atom. The van der Waals surface area contributed by atoms with E-state index in [0.29, 0.717) is 25.9 Å². The van der Waals surface area contributed by atoms with Gasteiger partial charge in [-0.05, 0) is 25.8 Å². The fourth-order valence-electron chi connectivity index (χ4n) is 0.828. The Kier molecular flexibility index (Phi) is 7.40. The number of carbonyl (C=O) groups is 2. The van der Waals surface area contributed by atoms with Crippen LogP contribution in [0.15, 0.2) is 11.9 Å². The highest BCUT2D eigenvalue weighted by Gasteiger charge is 2.04. The van der Waals surface area contributed by atoms with Gasteiger partial charge in [0.1, 0.15) is 0 Å². The minimum absolute atomic E-state index is 0.417. The van der Waals surface area contributed by atoms with E-state index in [0.717, 1.165) is 12.5 Å². The van der Waals surface area contributed by atoms with Crippen molar-refractivity contribution in [2.75, 3.05) is 13.1 Å². The van der Waals surface area contributed by atoms with E-state index in [9.17, 15) is 14.0 Å². The van der Waals surface area contributed by atoms with Gasteiger partial charge in [-0.25, -0.2) is 4.39 Å². The van der Waals surface area contributed by atoms with Gasteiger partial charge < -0.3 is 10.6 Å². The van der Waals surface area contributed by atoms with Crippen molar-refractivity contribution in [2.45, 2.75) is 19.8 Å². The van der Waals surface area contributed by atoms with Crippen LogP contribution in [0.1, 0.15) is 19.8 Å². The minimum atomic E-state index is -0.768. The average molecular weight is 202 g/mol. The smallest absolute Gasteiger partial charge is 0.279 e. The number of carbonyl (C=O) groups excluding carboxylic acids is 2. The molecule has 0 spiro atoms. The highest BCUT2D eigenvalue weighted by Crippen LogP contribution is 1.94. The molecule has 4 nitrogen and oxygen atoms in total. The number of nitrogens with one attached hydrogen (secondary N) is 2. The lowest BCUT2D eigenvalue weighted by atomic mass is 10.3. The van der Waals surface area contributed by atoms with Gasteiger partial charge in [-0.1, -0.05) is 0 Å². The molecule has 0 aromatic rings. The number of halogens is 1. The molecule has 2 amide bonds. The fraction of sp³-hybridized carbons (Fsp3) is 0.556. The molecular formula is C9H15FN2O2. The summed E-state index contributed by atoms with van der Waals surface area (Å²) < 4.78 is 12.5. The average Bonchev–Trinajstić information content (AvgIpc) is 2.21. The molecule has 0 bridgehead atoms. The minimum Gasteiger partial charge on any atom is -0.359 e. The van der Waals surface area contributed by atoms with Crippen molar-refractivity contribution in [1.29, 1.82) is 0 Å². The lowest BCUT2D eigenvalue weighted by Crippen LogP contribution is -2.25. The summed E-state index contributed by atoms with van der Waals surface area (Å²) >= 11 is 0. The van der Waals surface area contributed by atoms with Crippen LogP contribution in [-0.4, -0.2) is 25.4 Å². The van der Waals surface area contributed by atoms with Crippen LogP contribution in [0.2, 0.25) is 0 Å². The highest BCUT2D eigenvalue weighted by atomic mass is 19.1. The molecule has 0 rings (SSSR count). The van der Waals surface area contributed by atoms with E-state index in [2.05, 4.69) is 10.6 Å². The summed E-state index contributed by atoms with van der Waals surface area (Å²) in [7, 11) is 0. The van der Waals surface area contributed by atoms with Crippen molar-refractivity contribution in [1.82, 2.24) is 10.6 Å². The summed E-state index contributed by atoms with van der Waals surface area (Å²) in [5.74, 6) is -1.45. The number of unbranched alkanes of at least 4 members (excludes halogenated alkanes) is 1. The predicted molar refractivity (Wildman–Crippen MR) is 51.2 cm³/mol. The normalized spacial score (nSPS) is 10.9. The molecule has 0 aromatic carbocycles. The molecule has 80 valence electrons. The maximum absolute atomic E-state index is 12.5. The van der Waals surface area contributed by atoms with Gasteiger partial charge in [0.15, 0.2) is 5.83 Å². The zero-order valence-electron chi connectivity index (χ0n) is 8.18. The number of allylic oxidation sites excluding steroid dienone is 1. The first-order chi connectivity index (χ1) is 6.72. The van der Waals surface area contributed by atoms with Crippen LogP contribution in [0.5, 0.6) is 0 Å². The first-order valence-electron chi connectivity index (χ1n) is 4.49. The van der Waals surface area contributed by atoms with E-state index in [1.807, 2.05) is 0 Å². The molecular weight excluding hydrogens is 187 g/mol. The molecule has 0 aromatic heterocycles. The molecule has 0 aliphatic carbocycles. The summed E-state index contributed by atoms with van der Waals surface area (Å²) in [5, 5.41) is 4.90. The predicted octanol–water partition coefficient (Wildman–Crippen LogP) is 0.502. The third kappa shape index (κ3) is 6.16. The van der Waals surface area contributed by atoms with Crippen LogP contribution in [0.3, 0.4) is 0 Å². The molecule has 14 heavy (non-hydrogen) atoms. The van der Waals surface area contributed by atoms with Crippen molar-refractivity contribution < 1.29 is 14.0 Å². The monoisotopic (exact) mass is 202 g/mol. The fourth-order valence-corrected chi connectivity index (χ4v) is 0.828. The molecule has 0 unspecified atom stereocenters. The molecule has 0 saturated heterocycles. The Bertz CT molecular complexity index is 217. The summed E-state index contributed by atoms with van der Waals surface area (Å²) in [6, 6.07) is 0. The number of amides is 2. The van der Waals surface area contributed by atoms with Crippen LogP contribution in [0.4, 0.5) is 4.39 Å². The summed E-state index contributed by atoms with van der Waals surface area (Å²) in [6.45, 7) is 2.45. The second kappa shape index (κ2) is 8.22. The molecule has 0 atom stereocenters. The van der Waals surface area contributed by atoms with Crippen molar-refractivity contribution in [3.8, 4) is 0 Å². The largest absolute Gasteiger partial charge is 0.359 e. The van der Waals surface area contributed by atoms with E-state index in [4.69, 9.17) is 0 Å². The number of hydrogen-bond acceptors (Lipinski definition) is 2. The Balaban J connectivity index is 3.36. The molecule has 0 fully saturated rings. The van der Waals surface area contributed by atoms with E-state index in [-0.39, 0.29) is 0 Å². The summed E-state index contributed by atoms with van der Waals surface area (Å²) in [4.78, 5) is 20.7. The van der Waals surface area contributed by atoms with E-state index in [1.165, 1.54) is 6.92 Å². The van der Waals surface area contributed by atoms with Gasteiger partial charge in [0.25, 0.3) is 5.91 Å². The molecule has 0 radical (unpaired) electrons. The van der Waals surface area contributed by atoms with Crippen molar-refractivity contribution >= 4 is 12.3 Å². The third-order valence-corrected chi connectivity index (χ3v) is 1.59. The van der Waals surface area contributed by atoms with Crippen molar-refractivity contribution in [3.63, 3.8) is 0 Å². The highest BCUT2D eigenvalue weighted by molar-refractivity contribution is 5.90. The lowest BCUT2D eigenvalue weighted by Gasteiger charge is -2.02. The SMILES string of the molecule is CC=C(F)C(=O)NCCCCNC=O. The number of hydrogen-bond donors (Lipinski definition) is 2.